The van der Waals surface area contributed by atoms with Crippen LogP contribution in [0.4, 0.5) is 4.39 Å². The average Bonchev–Trinajstić information content (AvgIpc) is 3.48. The molecule has 0 radical (unpaired) electrons. The highest BCUT2D eigenvalue weighted by Gasteiger charge is 2.21. The lowest BCUT2D eigenvalue weighted by Crippen LogP contribution is -1.92. The Balaban J connectivity index is 1.30. The van der Waals surface area contributed by atoms with E-state index in [1.54, 1.807) is 24.3 Å². The van der Waals surface area contributed by atoms with Crippen LogP contribution >= 0.6 is 11.8 Å². The van der Waals surface area contributed by atoms with Crippen molar-refractivity contribution < 1.29 is 22.7 Å². The van der Waals surface area contributed by atoms with Crippen LogP contribution in [0, 0.1) is 5.82 Å². The van der Waals surface area contributed by atoms with E-state index in [0.717, 1.165) is 5.56 Å². The molecule has 2 aromatic heterocycles. The molecule has 8 nitrogen and oxygen atoms in total. The molecule has 0 saturated carbocycles. The zero-order valence-electron chi connectivity index (χ0n) is 15.0. The molecule has 0 saturated heterocycles. The topological polar surface area (TPSA) is 96.3 Å². The molecule has 0 unspecified atom stereocenters. The first-order chi connectivity index (χ1) is 14.2. The molecule has 1 aliphatic rings. The van der Waals surface area contributed by atoms with E-state index in [1.807, 2.05) is 13.0 Å². The minimum atomic E-state index is -0.327. The van der Waals surface area contributed by atoms with Gasteiger partial charge < -0.3 is 18.3 Å². The van der Waals surface area contributed by atoms with Gasteiger partial charge in [-0.2, -0.15) is 0 Å². The normalized spacial score (nSPS) is 13.6. The number of benzene rings is 2. The number of halogens is 1. The zero-order chi connectivity index (χ0) is 19.8. The molecule has 4 aromatic rings. The highest BCUT2D eigenvalue weighted by Crippen LogP contribution is 2.38. The second kappa shape index (κ2) is 7.21. The number of aromatic nitrogens is 4. The summed E-state index contributed by atoms with van der Waals surface area (Å²) < 4.78 is 35.2. The predicted molar refractivity (Wildman–Crippen MR) is 99.8 cm³/mol. The quantitative estimate of drug-likeness (QED) is 0.439. The van der Waals surface area contributed by atoms with Crippen molar-refractivity contribution in [2.24, 2.45) is 0 Å². The lowest BCUT2D eigenvalue weighted by molar-refractivity contribution is 0.174. The summed E-state index contributed by atoms with van der Waals surface area (Å²) in [7, 11) is 0. The summed E-state index contributed by atoms with van der Waals surface area (Å²) >= 11 is 1.30. The molecule has 0 amide bonds. The molecule has 0 fully saturated rings. The van der Waals surface area contributed by atoms with Gasteiger partial charge in [-0.05, 0) is 49.4 Å². The summed E-state index contributed by atoms with van der Waals surface area (Å²) in [6, 6.07) is 11.3. The highest BCUT2D eigenvalue weighted by atomic mass is 32.2. The van der Waals surface area contributed by atoms with Crippen molar-refractivity contribution in [3.63, 3.8) is 0 Å². The Morgan fingerprint density at radius 3 is 2.45 bits per heavy atom. The van der Waals surface area contributed by atoms with Gasteiger partial charge in [-0.15, -0.1) is 20.4 Å². The van der Waals surface area contributed by atoms with Crippen LogP contribution in [0.2, 0.25) is 0 Å². The van der Waals surface area contributed by atoms with Gasteiger partial charge in [-0.1, -0.05) is 11.8 Å². The number of thioether (sulfide) groups is 1. The molecule has 10 heteroatoms. The Labute approximate surface area is 168 Å². The standard InChI is InChI=1S/C19H13FN4O4S/c1-10(16-21-22-17(27-16)11-2-5-13(20)6-3-11)29-19-24-23-18(28-19)12-4-7-14-15(8-12)26-9-25-14/h2-8,10H,9H2,1H3/t10-/m0/s1. The van der Waals surface area contributed by atoms with E-state index in [-0.39, 0.29) is 17.9 Å². The van der Waals surface area contributed by atoms with Gasteiger partial charge in [0.15, 0.2) is 11.5 Å². The first-order valence-electron chi connectivity index (χ1n) is 8.65. The number of fused-ring (bicyclic) bond motifs is 1. The maximum absolute atomic E-state index is 13.1. The largest absolute Gasteiger partial charge is 0.454 e. The van der Waals surface area contributed by atoms with Gasteiger partial charge in [-0.3, -0.25) is 0 Å². The Morgan fingerprint density at radius 1 is 0.862 bits per heavy atom. The van der Waals surface area contributed by atoms with Crippen molar-refractivity contribution in [2.45, 2.75) is 17.4 Å². The zero-order valence-corrected chi connectivity index (χ0v) is 15.9. The van der Waals surface area contributed by atoms with E-state index in [9.17, 15) is 4.39 Å². The Kier molecular flexibility index (Phi) is 4.39. The summed E-state index contributed by atoms with van der Waals surface area (Å²) in [6.07, 6.45) is 0. The van der Waals surface area contributed by atoms with Gasteiger partial charge in [-0.25, -0.2) is 4.39 Å². The second-order valence-electron chi connectivity index (χ2n) is 6.15. The van der Waals surface area contributed by atoms with E-state index in [0.29, 0.717) is 40.0 Å². The third-order valence-electron chi connectivity index (χ3n) is 4.18. The number of hydrogen-bond donors (Lipinski definition) is 0. The molecule has 1 atom stereocenters. The first kappa shape index (κ1) is 17.7. The monoisotopic (exact) mass is 412 g/mol. The maximum Gasteiger partial charge on any atom is 0.277 e. The molecule has 5 rings (SSSR count). The molecule has 1 aliphatic heterocycles. The van der Waals surface area contributed by atoms with Gasteiger partial charge in [0.05, 0.1) is 5.25 Å². The van der Waals surface area contributed by atoms with Gasteiger partial charge in [0, 0.05) is 11.1 Å². The first-order valence-corrected chi connectivity index (χ1v) is 9.53. The molecule has 0 N–H and O–H groups in total. The molecule has 2 aromatic carbocycles. The molecule has 146 valence electrons. The van der Waals surface area contributed by atoms with E-state index in [4.69, 9.17) is 18.3 Å². The fourth-order valence-electron chi connectivity index (χ4n) is 2.71. The van der Waals surface area contributed by atoms with Crippen LogP contribution < -0.4 is 9.47 Å². The van der Waals surface area contributed by atoms with E-state index in [2.05, 4.69) is 20.4 Å². The fourth-order valence-corrected chi connectivity index (χ4v) is 3.43. The maximum atomic E-state index is 13.1. The summed E-state index contributed by atoms with van der Waals surface area (Å²) in [4.78, 5) is 0. The molecule has 29 heavy (non-hydrogen) atoms. The van der Waals surface area contributed by atoms with Crippen LogP contribution in [0.1, 0.15) is 18.1 Å². The summed E-state index contributed by atoms with van der Waals surface area (Å²) in [5.41, 5.74) is 1.38. The SMILES string of the molecule is C[C@H](Sc1nnc(-c2ccc3c(c2)OCO3)o1)c1nnc(-c2ccc(F)cc2)o1. The number of ether oxygens (including phenoxy) is 2. The third kappa shape index (κ3) is 3.54. The molecule has 3 heterocycles. The van der Waals surface area contributed by atoms with Crippen molar-refractivity contribution in [1.29, 1.82) is 0 Å². The van der Waals surface area contributed by atoms with Crippen LogP contribution in [0.3, 0.4) is 0 Å². The minimum absolute atomic E-state index is 0.200. The Hall–Kier alpha value is -3.40. The van der Waals surface area contributed by atoms with Crippen LogP contribution in [0.5, 0.6) is 11.5 Å². The molecule has 0 aliphatic carbocycles. The van der Waals surface area contributed by atoms with Crippen molar-refractivity contribution >= 4 is 11.8 Å². The van der Waals surface area contributed by atoms with Crippen LogP contribution in [-0.4, -0.2) is 27.2 Å². The van der Waals surface area contributed by atoms with Crippen molar-refractivity contribution in [3.05, 3.63) is 54.2 Å². The number of nitrogens with zero attached hydrogens (tertiary/aromatic N) is 4. The lowest BCUT2D eigenvalue weighted by Gasteiger charge is -2.02. The van der Waals surface area contributed by atoms with Gasteiger partial charge in [0.1, 0.15) is 5.82 Å². The summed E-state index contributed by atoms with van der Waals surface area (Å²) in [6.45, 7) is 2.09. The van der Waals surface area contributed by atoms with Crippen molar-refractivity contribution in [1.82, 2.24) is 20.4 Å². The smallest absolute Gasteiger partial charge is 0.277 e. The average molecular weight is 412 g/mol. The predicted octanol–water partition coefficient (Wildman–Crippen LogP) is 4.51. The van der Waals surface area contributed by atoms with Crippen LogP contribution in [0.25, 0.3) is 22.9 Å². The summed E-state index contributed by atoms with van der Waals surface area (Å²) in [5.74, 6) is 2.09. The number of rotatable bonds is 5. The van der Waals surface area contributed by atoms with Crippen LogP contribution in [-0.2, 0) is 0 Å². The van der Waals surface area contributed by atoms with Crippen molar-refractivity contribution in [2.75, 3.05) is 6.79 Å². The Morgan fingerprint density at radius 2 is 1.59 bits per heavy atom. The van der Waals surface area contributed by atoms with Gasteiger partial charge >= 0.3 is 0 Å². The lowest BCUT2D eigenvalue weighted by atomic mass is 10.2. The molecule has 0 spiro atoms. The molecular formula is C19H13FN4O4S. The Bertz CT molecular complexity index is 1160. The molecule has 0 bridgehead atoms. The van der Waals surface area contributed by atoms with E-state index < -0.39 is 0 Å². The highest BCUT2D eigenvalue weighted by molar-refractivity contribution is 7.99. The minimum Gasteiger partial charge on any atom is -0.454 e. The van der Waals surface area contributed by atoms with Gasteiger partial charge in [0.2, 0.25) is 24.5 Å². The van der Waals surface area contributed by atoms with Crippen LogP contribution in [0.15, 0.2) is 56.5 Å². The van der Waals surface area contributed by atoms with Crippen molar-refractivity contribution in [3.8, 4) is 34.4 Å². The second-order valence-corrected chi connectivity index (χ2v) is 7.45. The molecular weight excluding hydrogens is 399 g/mol. The number of hydrogen-bond acceptors (Lipinski definition) is 9. The fraction of sp³-hybridized carbons (Fsp3) is 0.158. The van der Waals surface area contributed by atoms with E-state index >= 15 is 0 Å². The van der Waals surface area contributed by atoms with Gasteiger partial charge in [0.25, 0.3) is 5.22 Å². The van der Waals surface area contributed by atoms with E-state index in [1.165, 1.54) is 23.9 Å². The summed E-state index contributed by atoms with van der Waals surface area (Å²) in [5, 5.41) is 16.4. The third-order valence-corrected chi connectivity index (χ3v) is 5.10.